The largest absolute Gasteiger partial charge is 0.494 e. The summed E-state index contributed by atoms with van der Waals surface area (Å²) in [5.74, 6) is -0.250. The lowest BCUT2D eigenvalue weighted by Crippen LogP contribution is -1.99. The van der Waals surface area contributed by atoms with Crippen molar-refractivity contribution in [3.8, 4) is 5.75 Å². The van der Waals surface area contributed by atoms with Gasteiger partial charge in [0.1, 0.15) is 17.6 Å². The number of oxime groups is 1. The summed E-state index contributed by atoms with van der Waals surface area (Å²) >= 11 is 0. The van der Waals surface area contributed by atoms with Crippen LogP contribution in [-0.2, 0) is 11.4 Å². The monoisotopic (exact) mass is 315 g/mol. The fraction of sp³-hybridized carbons (Fsp3) is 0.188. The Hall–Kier alpha value is -2.96. The second-order valence-electron chi connectivity index (χ2n) is 4.89. The van der Waals surface area contributed by atoms with E-state index < -0.39 is 5.82 Å². The zero-order valence-corrected chi connectivity index (χ0v) is 12.6. The Bertz CT molecular complexity index is 861. The molecule has 3 rings (SSSR count). The zero-order chi connectivity index (χ0) is 16.2. The maximum Gasteiger partial charge on any atom is 0.165 e. The molecule has 0 saturated heterocycles. The minimum atomic E-state index is -0.417. The van der Waals surface area contributed by atoms with E-state index in [1.807, 2.05) is 12.1 Å². The summed E-state index contributed by atoms with van der Waals surface area (Å²) in [6, 6.07) is 10.00. The molecule has 0 fully saturated rings. The first kappa shape index (κ1) is 15.0. The number of hydrogen-bond donors (Lipinski definition) is 0. The van der Waals surface area contributed by atoms with Crippen LogP contribution in [0.3, 0.4) is 0 Å². The van der Waals surface area contributed by atoms with E-state index in [2.05, 4.69) is 20.1 Å². The molecule has 0 spiro atoms. The first-order valence-electron chi connectivity index (χ1n) is 6.89. The molecule has 0 bridgehead atoms. The van der Waals surface area contributed by atoms with Crippen LogP contribution in [0.25, 0.3) is 11.0 Å². The van der Waals surface area contributed by atoms with Gasteiger partial charge in [-0.05, 0) is 53.1 Å². The lowest BCUT2D eigenvalue weighted by Gasteiger charge is -2.06. The maximum atomic E-state index is 13.4. The van der Waals surface area contributed by atoms with Crippen LogP contribution < -0.4 is 4.74 Å². The van der Waals surface area contributed by atoms with Crippen LogP contribution in [0.15, 0.2) is 46.2 Å². The molecule has 23 heavy (non-hydrogen) atoms. The van der Waals surface area contributed by atoms with Crippen molar-refractivity contribution in [3.63, 3.8) is 0 Å². The molecule has 1 aromatic heterocycles. The quantitative estimate of drug-likeness (QED) is 0.533. The van der Waals surface area contributed by atoms with Gasteiger partial charge in [0.25, 0.3) is 0 Å². The van der Waals surface area contributed by atoms with Gasteiger partial charge in [-0.3, -0.25) is 0 Å². The SMILES string of the molecule is COc1cc(/C(C)=N/OCc2ccc3nonc3c2)ccc1F. The molecule has 1 heterocycles. The number of halogens is 1. The summed E-state index contributed by atoms with van der Waals surface area (Å²) in [4.78, 5) is 5.34. The van der Waals surface area contributed by atoms with Gasteiger partial charge in [-0.15, -0.1) is 0 Å². The molecule has 0 aliphatic heterocycles. The van der Waals surface area contributed by atoms with Gasteiger partial charge in [-0.2, -0.15) is 0 Å². The van der Waals surface area contributed by atoms with E-state index in [1.165, 1.54) is 13.2 Å². The van der Waals surface area contributed by atoms with Gasteiger partial charge >= 0.3 is 0 Å². The molecule has 118 valence electrons. The van der Waals surface area contributed by atoms with Gasteiger partial charge in [-0.25, -0.2) is 9.02 Å². The van der Waals surface area contributed by atoms with Gasteiger partial charge in [0, 0.05) is 5.56 Å². The Kier molecular flexibility index (Phi) is 4.18. The molecule has 0 amide bonds. The van der Waals surface area contributed by atoms with E-state index in [-0.39, 0.29) is 12.4 Å². The summed E-state index contributed by atoms with van der Waals surface area (Å²) in [5.41, 5.74) is 3.58. The Morgan fingerprint density at radius 2 is 2.00 bits per heavy atom. The summed E-state index contributed by atoms with van der Waals surface area (Å²) in [6.07, 6.45) is 0. The van der Waals surface area contributed by atoms with E-state index in [9.17, 15) is 4.39 Å². The minimum absolute atomic E-state index is 0.168. The summed E-state index contributed by atoms with van der Waals surface area (Å²) in [7, 11) is 1.42. The van der Waals surface area contributed by atoms with Gasteiger partial charge < -0.3 is 9.57 Å². The molecule has 2 aromatic carbocycles. The number of ether oxygens (including phenoxy) is 1. The molecule has 0 aliphatic rings. The third kappa shape index (κ3) is 3.28. The van der Waals surface area contributed by atoms with Crippen LogP contribution >= 0.6 is 0 Å². The van der Waals surface area contributed by atoms with Crippen LogP contribution in [0.2, 0.25) is 0 Å². The van der Waals surface area contributed by atoms with Crippen molar-refractivity contribution in [2.24, 2.45) is 5.16 Å². The first-order chi connectivity index (χ1) is 11.2. The average molecular weight is 315 g/mol. The van der Waals surface area contributed by atoms with E-state index in [4.69, 9.17) is 9.57 Å². The molecule has 0 unspecified atom stereocenters. The van der Waals surface area contributed by atoms with Crippen LogP contribution in [0.1, 0.15) is 18.1 Å². The number of aromatic nitrogens is 2. The fourth-order valence-electron chi connectivity index (χ4n) is 2.06. The summed E-state index contributed by atoms with van der Waals surface area (Å²) in [5, 5.41) is 11.5. The van der Waals surface area contributed by atoms with Crippen molar-refractivity contribution in [3.05, 3.63) is 53.3 Å². The van der Waals surface area contributed by atoms with Crippen LogP contribution in [-0.4, -0.2) is 23.1 Å². The van der Waals surface area contributed by atoms with Gasteiger partial charge in [0.05, 0.1) is 12.8 Å². The molecule has 0 N–H and O–H groups in total. The number of benzene rings is 2. The van der Waals surface area contributed by atoms with Crippen LogP contribution in [0, 0.1) is 5.82 Å². The third-order valence-corrected chi connectivity index (χ3v) is 3.32. The van der Waals surface area contributed by atoms with E-state index in [1.54, 1.807) is 25.1 Å². The standard InChI is InChI=1S/C16H14FN3O3/c1-10(12-4-5-13(17)16(8-12)21-2)18-22-9-11-3-6-14-15(7-11)20-23-19-14/h3-8H,9H2,1-2H3/b18-10+. The highest BCUT2D eigenvalue weighted by molar-refractivity contribution is 5.98. The Morgan fingerprint density at radius 3 is 2.83 bits per heavy atom. The molecule has 0 radical (unpaired) electrons. The molecule has 6 nitrogen and oxygen atoms in total. The normalized spacial score (nSPS) is 11.7. The van der Waals surface area contributed by atoms with E-state index in [0.29, 0.717) is 16.7 Å². The Balaban J connectivity index is 1.69. The molecule has 7 heteroatoms. The smallest absolute Gasteiger partial charge is 0.165 e. The van der Waals surface area contributed by atoms with Crippen molar-refractivity contribution < 1.29 is 18.6 Å². The van der Waals surface area contributed by atoms with Gasteiger partial charge in [0.15, 0.2) is 11.6 Å². The Morgan fingerprint density at radius 1 is 1.17 bits per heavy atom. The number of nitrogens with zero attached hydrogens (tertiary/aromatic N) is 3. The Labute approximate surface area is 131 Å². The van der Waals surface area contributed by atoms with Crippen LogP contribution in [0.4, 0.5) is 4.39 Å². The molecular formula is C16H14FN3O3. The highest BCUT2D eigenvalue weighted by Gasteiger charge is 2.06. The summed E-state index contributed by atoms with van der Waals surface area (Å²) < 4.78 is 23.0. The zero-order valence-electron chi connectivity index (χ0n) is 12.6. The molecule has 0 aliphatic carbocycles. The van der Waals surface area contributed by atoms with Crippen molar-refractivity contribution >= 4 is 16.7 Å². The van der Waals surface area contributed by atoms with Crippen molar-refractivity contribution in [1.29, 1.82) is 0 Å². The fourth-order valence-corrected chi connectivity index (χ4v) is 2.06. The second-order valence-corrected chi connectivity index (χ2v) is 4.89. The van der Waals surface area contributed by atoms with Crippen molar-refractivity contribution in [2.75, 3.05) is 7.11 Å². The molecule has 0 saturated carbocycles. The predicted octanol–water partition coefficient (Wildman–Crippen LogP) is 3.31. The number of rotatable bonds is 5. The lowest BCUT2D eigenvalue weighted by molar-refractivity contribution is 0.130. The summed E-state index contributed by atoms with van der Waals surface area (Å²) in [6.45, 7) is 2.05. The highest BCUT2D eigenvalue weighted by atomic mass is 19.1. The lowest BCUT2D eigenvalue weighted by atomic mass is 10.1. The highest BCUT2D eigenvalue weighted by Crippen LogP contribution is 2.19. The van der Waals surface area contributed by atoms with E-state index in [0.717, 1.165) is 11.1 Å². The molecule has 3 aromatic rings. The topological polar surface area (TPSA) is 69.7 Å². The van der Waals surface area contributed by atoms with Gasteiger partial charge in [-0.1, -0.05) is 11.2 Å². The third-order valence-electron chi connectivity index (χ3n) is 3.32. The second kappa shape index (κ2) is 6.43. The molecule has 0 atom stereocenters. The predicted molar refractivity (Wildman–Crippen MR) is 81.8 cm³/mol. The minimum Gasteiger partial charge on any atom is -0.494 e. The van der Waals surface area contributed by atoms with E-state index >= 15 is 0 Å². The average Bonchev–Trinajstić information content (AvgIpc) is 3.03. The van der Waals surface area contributed by atoms with Crippen molar-refractivity contribution in [1.82, 2.24) is 10.3 Å². The molecular weight excluding hydrogens is 301 g/mol. The first-order valence-corrected chi connectivity index (χ1v) is 6.89. The maximum absolute atomic E-state index is 13.4. The number of hydrogen-bond acceptors (Lipinski definition) is 6. The number of methoxy groups -OCH3 is 1. The van der Waals surface area contributed by atoms with Crippen molar-refractivity contribution in [2.45, 2.75) is 13.5 Å². The number of fused-ring (bicyclic) bond motifs is 1. The van der Waals surface area contributed by atoms with Gasteiger partial charge in [0.2, 0.25) is 0 Å². The van der Waals surface area contributed by atoms with Crippen LogP contribution in [0.5, 0.6) is 5.75 Å².